The van der Waals surface area contributed by atoms with E-state index in [0.29, 0.717) is 16.4 Å². The van der Waals surface area contributed by atoms with Gasteiger partial charge in [-0.05, 0) is 24.8 Å². The first kappa shape index (κ1) is 12.0. The number of anilines is 1. The fourth-order valence-electron chi connectivity index (χ4n) is 1.72. The van der Waals surface area contributed by atoms with Gasteiger partial charge in [-0.3, -0.25) is 0 Å². The van der Waals surface area contributed by atoms with Crippen LogP contribution in [0.15, 0.2) is 17.4 Å². The molecule has 1 heterocycles. The van der Waals surface area contributed by atoms with Crippen molar-refractivity contribution < 1.29 is 5.21 Å². The van der Waals surface area contributed by atoms with Crippen molar-refractivity contribution in [3.05, 3.63) is 22.8 Å². The fraction of sp³-hybridized carbons (Fsp3) is 0.455. The molecule has 1 aromatic heterocycles. The molecule has 17 heavy (non-hydrogen) atoms. The van der Waals surface area contributed by atoms with Crippen LogP contribution in [0, 0.1) is 5.92 Å². The van der Waals surface area contributed by atoms with E-state index in [0.717, 1.165) is 12.5 Å². The van der Waals surface area contributed by atoms with E-state index in [1.807, 2.05) is 11.9 Å². The molecule has 1 aromatic rings. The summed E-state index contributed by atoms with van der Waals surface area (Å²) >= 11 is 6.21. The summed E-state index contributed by atoms with van der Waals surface area (Å²) in [6.07, 6.45) is 4.14. The number of amidine groups is 1. The van der Waals surface area contributed by atoms with Gasteiger partial charge in [0.15, 0.2) is 5.84 Å². The van der Waals surface area contributed by atoms with Gasteiger partial charge in [-0.1, -0.05) is 16.8 Å². The van der Waals surface area contributed by atoms with Crippen molar-refractivity contribution in [2.75, 3.05) is 18.5 Å². The standard InChI is InChI=1S/C11H15ClN4O/c1-16(6-7-2-3-7)11-9(12)8(4-5-14-11)10(13)15-17/h4-5,7,17H,2-3,6H2,1H3,(H2,13,15). The van der Waals surface area contributed by atoms with Gasteiger partial charge in [0.1, 0.15) is 5.82 Å². The van der Waals surface area contributed by atoms with E-state index >= 15 is 0 Å². The molecule has 0 spiro atoms. The number of oxime groups is 1. The number of pyridine rings is 1. The summed E-state index contributed by atoms with van der Waals surface area (Å²) in [6.45, 7) is 0.937. The summed E-state index contributed by atoms with van der Waals surface area (Å²) in [4.78, 5) is 6.25. The molecular formula is C11H15ClN4O. The van der Waals surface area contributed by atoms with Crippen LogP contribution < -0.4 is 10.6 Å². The predicted molar refractivity (Wildman–Crippen MR) is 67.8 cm³/mol. The maximum Gasteiger partial charge on any atom is 0.171 e. The number of aromatic nitrogens is 1. The van der Waals surface area contributed by atoms with Gasteiger partial charge in [0, 0.05) is 25.4 Å². The molecule has 0 amide bonds. The van der Waals surface area contributed by atoms with Gasteiger partial charge in [0.2, 0.25) is 0 Å². The third-order valence-electron chi connectivity index (χ3n) is 2.85. The Kier molecular flexibility index (Phi) is 3.38. The molecule has 0 unspecified atom stereocenters. The minimum Gasteiger partial charge on any atom is -0.409 e. The lowest BCUT2D eigenvalue weighted by Crippen LogP contribution is -2.23. The van der Waals surface area contributed by atoms with Crippen molar-refractivity contribution in [1.29, 1.82) is 0 Å². The van der Waals surface area contributed by atoms with E-state index < -0.39 is 0 Å². The third-order valence-corrected chi connectivity index (χ3v) is 3.22. The Morgan fingerprint density at radius 3 is 3.00 bits per heavy atom. The molecule has 3 N–H and O–H groups in total. The number of nitrogens with two attached hydrogens (primary N) is 1. The van der Waals surface area contributed by atoms with E-state index in [2.05, 4.69) is 10.1 Å². The van der Waals surface area contributed by atoms with E-state index in [9.17, 15) is 0 Å². The third kappa shape index (κ3) is 2.61. The van der Waals surface area contributed by atoms with Gasteiger partial charge in [0.25, 0.3) is 0 Å². The maximum atomic E-state index is 8.67. The van der Waals surface area contributed by atoms with E-state index in [-0.39, 0.29) is 5.84 Å². The summed E-state index contributed by atoms with van der Waals surface area (Å²) < 4.78 is 0. The second kappa shape index (κ2) is 4.79. The van der Waals surface area contributed by atoms with E-state index in [1.165, 1.54) is 12.8 Å². The molecule has 0 aromatic carbocycles. The number of hydrogen-bond donors (Lipinski definition) is 2. The van der Waals surface area contributed by atoms with Crippen LogP contribution in [0.25, 0.3) is 0 Å². The highest BCUT2D eigenvalue weighted by molar-refractivity contribution is 6.36. The van der Waals surface area contributed by atoms with Crippen molar-refractivity contribution in [2.45, 2.75) is 12.8 Å². The molecule has 0 bridgehead atoms. The smallest absolute Gasteiger partial charge is 0.171 e. The zero-order valence-corrected chi connectivity index (χ0v) is 10.4. The van der Waals surface area contributed by atoms with Crippen molar-refractivity contribution in [1.82, 2.24) is 4.98 Å². The highest BCUT2D eigenvalue weighted by Crippen LogP contribution is 2.33. The van der Waals surface area contributed by atoms with Crippen LogP contribution in [0.5, 0.6) is 0 Å². The highest BCUT2D eigenvalue weighted by atomic mass is 35.5. The minimum atomic E-state index is -0.00141. The second-order valence-corrected chi connectivity index (χ2v) is 4.68. The molecule has 1 saturated carbocycles. The predicted octanol–water partition coefficient (Wildman–Crippen LogP) is 1.68. The first-order valence-corrected chi connectivity index (χ1v) is 5.84. The van der Waals surface area contributed by atoms with Crippen LogP contribution in [-0.4, -0.2) is 29.6 Å². The summed E-state index contributed by atoms with van der Waals surface area (Å²) in [7, 11) is 1.95. The summed E-state index contributed by atoms with van der Waals surface area (Å²) in [5.74, 6) is 1.41. The monoisotopic (exact) mass is 254 g/mol. The normalized spacial score (nSPS) is 16.0. The van der Waals surface area contributed by atoms with Crippen LogP contribution in [-0.2, 0) is 0 Å². The van der Waals surface area contributed by atoms with Crippen LogP contribution in [0.1, 0.15) is 18.4 Å². The van der Waals surface area contributed by atoms with Gasteiger partial charge in [-0.2, -0.15) is 0 Å². The Balaban J connectivity index is 2.27. The van der Waals surface area contributed by atoms with Crippen molar-refractivity contribution in [2.24, 2.45) is 16.8 Å². The molecule has 0 aliphatic heterocycles. The average molecular weight is 255 g/mol. The first-order chi connectivity index (χ1) is 8.13. The molecule has 0 atom stereocenters. The van der Waals surface area contributed by atoms with Gasteiger partial charge < -0.3 is 15.8 Å². The molecule has 6 heteroatoms. The molecule has 1 aliphatic carbocycles. The lowest BCUT2D eigenvalue weighted by Gasteiger charge is -2.20. The molecule has 0 saturated heterocycles. The van der Waals surface area contributed by atoms with Gasteiger partial charge >= 0.3 is 0 Å². The molecule has 0 radical (unpaired) electrons. The number of rotatable bonds is 4. The summed E-state index contributed by atoms with van der Waals surface area (Å²) in [5, 5.41) is 12.0. The number of nitrogens with zero attached hydrogens (tertiary/aromatic N) is 3. The van der Waals surface area contributed by atoms with Gasteiger partial charge in [-0.15, -0.1) is 0 Å². The first-order valence-electron chi connectivity index (χ1n) is 5.47. The highest BCUT2D eigenvalue weighted by Gasteiger charge is 2.24. The minimum absolute atomic E-state index is 0.00141. The molecular weight excluding hydrogens is 240 g/mol. The number of halogens is 1. The van der Waals surface area contributed by atoms with Crippen LogP contribution in [0.3, 0.4) is 0 Å². The SMILES string of the molecule is CN(CC1CC1)c1nccc(/C(N)=N/O)c1Cl. The molecule has 5 nitrogen and oxygen atoms in total. The zero-order chi connectivity index (χ0) is 12.4. The van der Waals surface area contributed by atoms with E-state index in [4.69, 9.17) is 22.5 Å². The Labute approximate surface area is 105 Å². The fourth-order valence-corrected chi connectivity index (χ4v) is 2.08. The summed E-state index contributed by atoms with van der Waals surface area (Å²) in [6, 6.07) is 1.63. The Morgan fingerprint density at radius 1 is 1.71 bits per heavy atom. The zero-order valence-electron chi connectivity index (χ0n) is 9.60. The Bertz CT molecular complexity index is 445. The van der Waals surface area contributed by atoms with Gasteiger partial charge in [0.05, 0.1) is 5.02 Å². The largest absolute Gasteiger partial charge is 0.409 e. The topological polar surface area (TPSA) is 74.7 Å². The van der Waals surface area contributed by atoms with Crippen LogP contribution in [0.4, 0.5) is 5.82 Å². The molecule has 1 fully saturated rings. The average Bonchev–Trinajstić information content (AvgIpc) is 3.12. The van der Waals surface area contributed by atoms with Crippen molar-refractivity contribution >= 4 is 23.3 Å². The maximum absolute atomic E-state index is 8.67. The lowest BCUT2D eigenvalue weighted by molar-refractivity contribution is 0.318. The van der Waals surface area contributed by atoms with Crippen LogP contribution in [0.2, 0.25) is 5.02 Å². The van der Waals surface area contributed by atoms with E-state index in [1.54, 1.807) is 12.3 Å². The Morgan fingerprint density at radius 2 is 2.41 bits per heavy atom. The molecule has 1 aliphatic rings. The number of hydrogen-bond acceptors (Lipinski definition) is 4. The second-order valence-electron chi connectivity index (χ2n) is 4.31. The lowest BCUT2D eigenvalue weighted by atomic mass is 10.2. The van der Waals surface area contributed by atoms with Crippen molar-refractivity contribution in [3.8, 4) is 0 Å². The van der Waals surface area contributed by atoms with Gasteiger partial charge in [-0.25, -0.2) is 4.98 Å². The summed E-state index contributed by atoms with van der Waals surface area (Å²) in [5.41, 5.74) is 6.05. The quantitative estimate of drug-likeness (QED) is 0.371. The molecule has 92 valence electrons. The molecule has 2 rings (SSSR count). The van der Waals surface area contributed by atoms with Crippen molar-refractivity contribution in [3.63, 3.8) is 0 Å². The Hall–Kier alpha value is -1.49. The van der Waals surface area contributed by atoms with Crippen LogP contribution >= 0.6 is 11.6 Å².